The molecule has 1 N–H and O–H groups in total. The summed E-state index contributed by atoms with van der Waals surface area (Å²) in [6.07, 6.45) is 0.867. The molecule has 0 aromatic heterocycles. The van der Waals surface area contributed by atoms with E-state index in [-0.39, 0.29) is 17.9 Å². The van der Waals surface area contributed by atoms with Gasteiger partial charge in [-0.3, -0.25) is 4.79 Å². The van der Waals surface area contributed by atoms with Crippen LogP contribution in [0.25, 0.3) is 0 Å². The van der Waals surface area contributed by atoms with Crippen molar-refractivity contribution in [3.05, 3.63) is 0 Å². The van der Waals surface area contributed by atoms with Gasteiger partial charge in [-0.05, 0) is 26.2 Å². The first-order chi connectivity index (χ1) is 5.87. The van der Waals surface area contributed by atoms with Crippen LogP contribution in [0.15, 0.2) is 0 Å². The van der Waals surface area contributed by atoms with Crippen molar-refractivity contribution in [3.8, 4) is 6.07 Å². The van der Waals surface area contributed by atoms with Gasteiger partial charge in [-0.2, -0.15) is 5.26 Å². The van der Waals surface area contributed by atoms with Gasteiger partial charge in [-0.25, -0.2) is 0 Å². The Hall–Kier alpha value is -1.04. The topological polar surface area (TPSA) is 52.9 Å². The summed E-state index contributed by atoms with van der Waals surface area (Å²) in [6.45, 7) is 8.17. The maximum atomic E-state index is 11.1. The molecule has 0 saturated heterocycles. The Morgan fingerprint density at radius 3 is 2.46 bits per heavy atom. The fraction of sp³-hybridized carbons (Fsp3) is 0.800. The fourth-order valence-corrected chi connectivity index (χ4v) is 1.57. The fourth-order valence-electron chi connectivity index (χ4n) is 1.57. The number of carbonyl (C=O) groups excluding carboxylic acids is 1. The minimum Gasteiger partial charge on any atom is -0.350 e. The molecule has 0 unspecified atom stereocenters. The van der Waals surface area contributed by atoms with Crippen LogP contribution in [-0.4, -0.2) is 11.4 Å². The summed E-state index contributed by atoms with van der Waals surface area (Å²) in [7, 11) is 0. The lowest BCUT2D eigenvalue weighted by atomic mass is 9.92. The molecule has 0 fully saturated rings. The van der Waals surface area contributed by atoms with E-state index in [4.69, 9.17) is 5.26 Å². The molecule has 0 radical (unpaired) electrons. The summed E-state index contributed by atoms with van der Waals surface area (Å²) in [5.74, 6) is 0.352. The van der Waals surface area contributed by atoms with E-state index in [0.717, 1.165) is 6.42 Å². The predicted molar refractivity (Wildman–Crippen MR) is 51.9 cm³/mol. The Bertz CT molecular complexity index is 213. The summed E-state index contributed by atoms with van der Waals surface area (Å²) in [5.41, 5.74) is -0.206. The zero-order valence-corrected chi connectivity index (χ0v) is 8.85. The highest BCUT2D eigenvalue weighted by Gasteiger charge is 2.20. The maximum Gasteiger partial charge on any atom is 0.234 e. The third-order valence-electron chi connectivity index (χ3n) is 1.64. The van der Waals surface area contributed by atoms with E-state index in [2.05, 4.69) is 19.2 Å². The first-order valence-corrected chi connectivity index (χ1v) is 4.55. The number of rotatable bonds is 4. The van der Waals surface area contributed by atoms with Crippen molar-refractivity contribution < 1.29 is 4.79 Å². The molecular formula is C10H18N2O. The second kappa shape index (κ2) is 4.86. The Balaban J connectivity index is 4.02. The van der Waals surface area contributed by atoms with Gasteiger partial charge < -0.3 is 5.32 Å². The molecule has 3 nitrogen and oxygen atoms in total. The van der Waals surface area contributed by atoms with Crippen molar-refractivity contribution in [1.82, 2.24) is 5.32 Å². The van der Waals surface area contributed by atoms with Crippen LogP contribution in [0.3, 0.4) is 0 Å². The lowest BCUT2D eigenvalue weighted by molar-refractivity contribution is -0.121. The summed E-state index contributed by atoms with van der Waals surface area (Å²) < 4.78 is 0. The number of hydrogen-bond donors (Lipinski definition) is 1. The van der Waals surface area contributed by atoms with Gasteiger partial charge in [-0.15, -0.1) is 0 Å². The molecule has 74 valence electrons. The highest BCUT2D eigenvalue weighted by atomic mass is 16.1. The van der Waals surface area contributed by atoms with E-state index < -0.39 is 0 Å². The Morgan fingerprint density at radius 2 is 2.08 bits per heavy atom. The van der Waals surface area contributed by atoms with E-state index in [1.54, 1.807) is 0 Å². The van der Waals surface area contributed by atoms with Crippen LogP contribution in [0.4, 0.5) is 0 Å². The van der Waals surface area contributed by atoms with Crippen molar-refractivity contribution in [1.29, 1.82) is 5.26 Å². The molecule has 0 bridgehead atoms. The molecule has 0 aliphatic carbocycles. The average Bonchev–Trinajstić information content (AvgIpc) is 1.81. The summed E-state index contributed by atoms with van der Waals surface area (Å²) in [5, 5.41) is 11.1. The van der Waals surface area contributed by atoms with E-state index in [0.29, 0.717) is 5.92 Å². The molecule has 0 aromatic rings. The molecule has 0 heterocycles. The van der Waals surface area contributed by atoms with Crippen LogP contribution in [0.5, 0.6) is 0 Å². The Kier molecular flexibility index (Phi) is 4.47. The van der Waals surface area contributed by atoms with Crippen molar-refractivity contribution in [2.45, 2.75) is 46.1 Å². The Labute approximate surface area is 80.1 Å². The highest BCUT2D eigenvalue weighted by Crippen LogP contribution is 2.15. The normalized spacial score (nSPS) is 11.1. The van der Waals surface area contributed by atoms with Gasteiger partial charge in [0.2, 0.25) is 5.91 Å². The molecule has 0 aliphatic heterocycles. The van der Waals surface area contributed by atoms with Gasteiger partial charge in [0.05, 0.1) is 6.07 Å². The van der Waals surface area contributed by atoms with Gasteiger partial charge in [0, 0.05) is 5.54 Å². The zero-order chi connectivity index (χ0) is 10.5. The number of amides is 1. The number of nitrogens with one attached hydrogen (secondary N) is 1. The molecular weight excluding hydrogens is 164 g/mol. The molecule has 0 aromatic carbocycles. The second-order valence-corrected chi connectivity index (χ2v) is 4.36. The number of carbonyl (C=O) groups is 1. The van der Waals surface area contributed by atoms with E-state index in [9.17, 15) is 4.79 Å². The van der Waals surface area contributed by atoms with Crippen molar-refractivity contribution >= 4 is 5.91 Å². The van der Waals surface area contributed by atoms with E-state index in [1.165, 1.54) is 0 Å². The molecule has 0 rings (SSSR count). The van der Waals surface area contributed by atoms with Crippen LogP contribution < -0.4 is 5.32 Å². The Morgan fingerprint density at radius 1 is 1.54 bits per heavy atom. The molecule has 13 heavy (non-hydrogen) atoms. The zero-order valence-electron chi connectivity index (χ0n) is 8.85. The molecule has 0 saturated carbocycles. The quantitative estimate of drug-likeness (QED) is 0.721. The lowest BCUT2D eigenvalue weighted by Gasteiger charge is -2.27. The van der Waals surface area contributed by atoms with Gasteiger partial charge in [-0.1, -0.05) is 13.8 Å². The van der Waals surface area contributed by atoms with Crippen LogP contribution >= 0.6 is 0 Å². The second-order valence-electron chi connectivity index (χ2n) is 4.36. The minimum atomic E-state index is -0.206. The number of nitriles is 1. The standard InChI is InChI=1S/C10H18N2O/c1-8(2)7-10(3,4)12-9(13)5-6-11/h8H,5,7H2,1-4H3,(H,12,13). The molecule has 1 amide bonds. The third kappa shape index (κ3) is 6.15. The molecule has 0 atom stereocenters. The largest absolute Gasteiger partial charge is 0.350 e. The van der Waals surface area contributed by atoms with E-state index >= 15 is 0 Å². The number of nitrogens with zero attached hydrogens (tertiary/aromatic N) is 1. The molecule has 0 aliphatic rings. The van der Waals surface area contributed by atoms with Gasteiger partial charge in [0.1, 0.15) is 6.42 Å². The third-order valence-corrected chi connectivity index (χ3v) is 1.64. The predicted octanol–water partition coefficient (Wildman–Crippen LogP) is 1.84. The summed E-state index contributed by atoms with van der Waals surface area (Å²) in [4.78, 5) is 11.1. The smallest absolute Gasteiger partial charge is 0.234 e. The van der Waals surface area contributed by atoms with Crippen LogP contribution in [0.1, 0.15) is 40.5 Å². The van der Waals surface area contributed by atoms with Gasteiger partial charge in [0.25, 0.3) is 0 Å². The van der Waals surface area contributed by atoms with Crippen molar-refractivity contribution in [2.24, 2.45) is 5.92 Å². The molecule has 3 heteroatoms. The van der Waals surface area contributed by atoms with Crippen LogP contribution in [0.2, 0.25) is 0 Å². The van der Waals surface area contributed by atoms with Gasteiger partial charge >= 0.3 is 0 Å². The number of hydrogen-bond acceptors (Lipinski definition) is 2. The summed E-state index contributed by atoms with van der Waals surface area (Å²) >= 11 is 0. The highest BCUT2D eigenvalue weighted by molar-refractivity contribution is 5.78. The maximum absolute atomic E-state index is 11.1. The average molecular weight is 182 g/mol. The lowest BCUT2D eigenvalue weighted by Crippen LogP contribution is -2.44. The van der Waals surface area contributed by atoms with Crippen LogP contribution in [-0.2, 0) is 4.79 Å². The SMILES string of the molecule is CC(C)CC(C)(C)NC(=O)CC#N. The van der Waals surface area contributed by atoms with Crippen LogP contribution in [0, 0.1) is 17.2 Å². The van der Waals surface area contributed by atoms with Gasteiger partial charge in [0.15, 0.2) is 0 Å². The monoisotopic (exact) mass is 182 g/mol. The van der Waals surface area contributed by atoms with Crippen molar-refractivity contribution in [3.63, 3.8) is 0 Å². The van der Waals surface area contributed by atoms with Crippen molar-refractivity contribution in [2.75, 3.05) is 0 Å². The first kappa shape index (κ1) is 12.0. The van der Waals surface area contributed by atoms with E-state index in [1.807, 2.05) is 19.9 Å². The molecule has 0 spiro atoms. The first-order valence-electron chi connectivity index (χ1n) is 4.55. The minimum absolute atomic E-state index is 0.0540. The summed E-state index contributed by atoms with van der Waals surface area (Å²) in [6, 6.07) is 1.83.